The molecule has 0 spiro atoms. The van der Waals surface area contributed by atoms with Crippen molar-refractivity contribution in [2.24, 2.45) is 0 Å². The number of thiazole rings is 1. The molecular weight excluding hydrogens is 443 g/mol. The van der Waals surface area contributed by atoms with Crippen molar-refractivity contribution in [1.82, 2.24) is 4.98 Å². The van der Waals surface area contributed by atoms with Gasteiger partial charge in [-0.05, 0) is 19.1 Å². The van der Waals surface area contributed by atoms with Crippen LogP contribution in [0.4, 0.5) is 5.69 Å². The number of carbonyl (C=O) groups is 2. The minimum absolute atomic E-state index is 0.135. The van der Waals surface area contributed by atoms with E-state index in [9.17, 15) is 9.59 Å². The Morgan fingerprint density at radius 1 is 1.11 bits per heavy atom. The van der Waals surface area contributed by atoms with E-state index >= 15 is 0 Å². The normalized spacial score (nSPS) is 10.6. The maximum Gasteiger partial charge on any atom is 0.358 e. The number of amides is 1. The van der Waals surface area contributed by atoms with Gasteiger partial charge in [-0.25, -0.2) is 9.78 Å². The summed E-state index contributed by atoms with van der Waals surface area (Å²) >= 11 is 19.2. The number of benzene rings is 2. The number of hydrogen-bond donors (Lipinski definition) is 1. The van der Waals surface area contributed by atoms with Gasteiger partial charge < -0.3 is 10.1 Å². The molecule has 3 rings (SSSR count). The Labute approximate surface area is 180 Å². The van der Waals surface area contributed by atoms with Gasteiger partial charge in [-0.3, -0.25) is 4.79 Å². The molecule has 0 bridgehead atoms. The maximum atomic E-state index is 12.2. The first-order valence-electron chi connectivity index (χ1n) is 7.97. The third-order valence-corrected chi connectivity index (χ3v) is 5.32. The number of nitrogens with one attached hydrogen (secondary N) is 1. The van der Waals surface area contributed by atoms with Crippen LogP contribution in [0.3, 0.4) is 0 Å². The lowest BCUT2D eigenvalue weighted by molar-refractivity contribution is -0.119. The Hall–Kier alpha value is -2.12. The predicted octanol–water partition coefficient (Wildman–Crippen LogP) is 5.87. The second-order valence-corrected chi connectivity index (χ2v) is 7.88. The van der Waals surface area contributed by atoms with E-state index in [-0.39, 0.29) is 21.4 Å². The summed E-state index contributed by atoms with van der Waals surface area (Å²) in [6.45, 7) is 1.48. The van der Waals surface area contributed by atoms with Gasteiger partial charge in [0.15, 0.2) is 12.3 Å². The molecule has 1 aromatic heterocycles. The molecule has 1 heterocycles. The number of esters is 1. The van der Waals surface area contributed by atoms with Gasteiger partial charge in [0.05, 0.1) is 15.7 Å². The topological polar surface area (TPSA) is 68.3 Å². The fourth-order valence-corrected chi connectivity index (χ4v) is 3.95. The van der Waals surface area contributed by atoms with E-state index < -0.39 is 18.5 Å². The number of halogens is 3. The lowest BCUT2D eigenvalue weighted by atomic mass is 10.2. The second-order valence-electron chi connectivity index (χ2n) is 5.77. The lowest BCUT2D eigenvalue weighted by Gasteiger charge is -2.10. The monoisotopic (exact) mass is 454 g/mol. The largest absolute Gasteiger partial charge is 0.451 e. The first-order chi connectivity index (χ1) is 13.3. The van der Waals surface area contributed by atoms with Crippen LogP contribution in [-0.4, -0.2) is 23.5 Å². The smallest absolute Gasteiger partial charge is 0.358 e. The Bertz CT molecular complexity index is 1010. The average molecular weight is 456 g/mol. The number of aryl methyl sites for hydroxylation is 1. The molecular formula is C19H13Cl3N2O3S. The van der Waals surface area contributed by atoms with E-state index in [2.05, 4.69) is 10.3 Å². The highest BCUT2D eigenvalue weighted by Crippen LogP contribution is 2.33. The molecule has 1 N–H and O–H groups in total. The molecule has 0 radical (unpaired) electrons. The Kier molecular flexibility index (Phi) is 6.57. The van der Waals surface area contributed by atoms with Crippen LogP contribution in [0.2, 0.25) is 15.1 Å². The molecule has 144 valence electrons. The van der Waals surface area contributed by atoms with Crippen LogP contribution in [0, 0.1) is 6.92 Å². The van der Waals surface area contributed by atoms with Gasteiger partial charge in [0.2, 0.25) is 0 Å². The zero-order valence-electron chi connectivity index (χ0n) is 14.5. The molecule has 0 saturated heterocycles. The third-order valence-electron chi connectivity index (χ3n) is 3.62. The molecule has 0 atom stereocenters. The van der Waals surface area contributed by atoms with Gasteiger partial charge in [-0.2, -0.15) is 0 Å². The Balaban J connectivity index is 1.60. The van der Waals surface area contributed by atoms with Gasteiger partial charge in [-0.15, -0.1) is 11.3 Å². The number of hydrogen-bond acceptors (Lipinski definition) is 5. The third kappa shape index (κ3) is 5.02. The number of aromatic nitrogens is 1. The molecule has 2 aromatic carbocycles. The zero-order chi connectivity index (χ0) is 20.3. The van der Waals surface area contributed by atoms with E-state index in [0.29, 0.717) is 10.0 Å². The van der Waals surface area contributed by atoms with Crippen molar-refractivity contribution < 1.29 is 14.3 Å². The molecule has 5 nitrogen and oxygen atoms in total. The lowest BCUT2D eigenvalue weighted by Crippen LogP contribution is -2.21. The van der Waals surface area contributed by atoms with Crippen molar-refractivity contribution in [3.05, 3.63) is 68.1 Å². The Morgan fingerprint density at radius 3 is 2.39 bits per heavy atom. The van der Waals surface area contributed by atoms with Gasteiger partial charge in [0.25, 0.3) is 5.91 Å². The van der Waals surface area contributed by atoms with Crippen molar-refractivity contribution in [2.45, 2.75) is 6.92 Å². The van der Waals surface area contributed by atoms with Crippen LogP contribution >= 0.6 is 46.1 Å². The summed E-state index contributed by atoms with van der Waals surface area (Å²) in [5, 5.41) is 5.47. The van der Waals surface area contributed by atoms with Crippen molar-refractivity contribution in [1.29, 1.82) is 0 Å². The number of rotatable bonds is 5. The zero-order valence-corrected chi connectivity index (χ0v) is 17.5. The second kappa shape index (κ2) is 8.92. The predicted molar refractivity (Wildman–Crippen MR) is 113 cm³/mol. The summed E-state index contributed by atoms with van der Waals surface area (Å²) in [6.07, 6.45) is 0. The molecule has 0 aliphatic heterocycles. The highest BCUT2D eigenvalue weighted by molar-refractivity contribution is 7.13. The summed E-state index contributed by atoms with van der Waals surface area (Å²) in [5.74, 6) is -1.29. The SMILES string of the molecule is Cc1ccc(-c2nc(C(=O)OCC(=O)Nc3c(Cl)cc(Cl)cc3Cl)cs2)cc1. The molecule has 0 unspecified atom stereocenters. The summed E-state index contributed by atoms with van der Waals surface area (Å²) in [4.78, 5) is 28.5. The van der Waals surface area contributed by atoms with Crippen LogP contribution in [-0.2, 0) is 9.53 Å². The average Bonchev–Trinajstić information content (AvgIpc) is 3.13. The first-order valence-corrected chi connectivity index (χ1v) is 9.99. The van der Waals surface area contributed by atoms with E-state index in [1.165, 1.54) is 23.5 Å². The molecule has 0 aliphatic carbocycles. The van der Waals surface area contributed by atoms with Gasteiger partial charge in [0.1, 0.15) is 5.01 Å². The van der Waals surface area contributed by atoms with Crippen LogP contribution < -0.4 is 5.32 Å². The number of anilines is 1. The Morgan fingerprint density at radius 2 is 1.75 bits per heavy atom. The number of carbonyl (C=O) groups excluding carboxylic acids is 2. The fraction of sp³-hybridized carbons (Fsp3) is 0.105. The fourth-order valence-electron chi connectivity index (χ4n) is 2.24. The van der Waals surface area contributed by atoms with Crippen molar-refractivity contribution in [3.63, 3.8) is 0 Å². The van der Waals surface area contributed by atoms with Crippen LogP contribution in [0.25, 0.3) is 10.6 Å². The highest BCUT2D eigenvalue weighted by Gasteiger charge is 2.16. The highest BCUT2D eigenvalue weighted by atomic mass is 35.5. The van der Waals surface area contributed by atoms with E-state index in [4.69, 9.17) is 39.5 Å². The van der Waals surface area contributed by atoms with E-state index in [1.54, 1.807) is 5.38 Å². The number of nitrogens with zero attached hydrogens (tertiary/aromatic N) is 1. The molecule has 0 fully saturated rings. The number of ether oxygens (including phenoxy) is 1. The molecule has 0 aliphatic rings. The summed E-state index contributed by atoms with van der Waals surface area (Å²) in [7, 11) is 0. The quantitative estimate of drug-likeness (QED) is 0.488. The van der Waals surface area contributed by atoms with Gasteiger partial charge in [0, 0.05) is 16.0 Å². The van der Waals surface area contributed by atoms with Crippen LogP contribution in [0.15, 0.2) is 41.8 Å². The maximum absolute atomic E-state index is 12.2. The van der Waals surface area contributed by atoms with Crippen molar-refractivity contribution >= 4 is 63.7 Å². The van der Waals surface area contributed by atoms with E-state index in [0.717, 1.165) is 11.1 Å². The minimum Gasteiger partial charge on any atom is -0.451 e. The molecule has 28 heavy (non-hydrogen) atoms. The standard InChI is InChI=1S/C19H13Cl3N2O3S/c1-10-2-4-11(5-3-10)18-23-15(9-28-18)19(26)27-8-16(25)24-17-13(21)6-12(20)7-14(17)22/h2-7,9H,8H2,1H3,(H,24,25). The molecule has 3 aromatic rings. The first kappa shape index (κ1) is 20.6. The van der Waals surface area contributed by atoms with Crippen LogP contribution in [0.1, 0.15) is 16.1 Å². The molecule has 9 heteroatoms. The molecule has 0 saturated carbocycles. The van der Waals surface area contributed by atoms with Crippen LogP contribution in [0.5, 0.6) is 0 Å². The molecule has 1 amide bonds. The summed E-state index contributed by atoms with van der Waals surface area (Å²) in [6, 6.07) is 10.7. The van der Waals surface area contributed by atoms with Gasteiger partial charge in [-0.1, -0.05) is 64.6 Å². The van der Waals surface area contributed by atoms with Crippen molar-refractivity contribution in [3.8, 4) is 10.6 Å². The van der Waals surface area contributed by atoms with Crippen molar-refractivity contribution in [2.75, 3.05) is 11.9 Å². The van der Waals surface area contributed by atoms with Gasteiger partial charge >= 0.3 is 5.97 Å². The summed E-state index contributed by atoms with van der Waals surface area (Å²) in [5.41, 5.74) is 2.37. The summed E-state index contributed by atoms with van der Waals surface area (Å²) < 4.78 is 5.01. The van der Waals surface area contributed by atoms with E-state index in [1.807, 2.05) is 31.2 Å². The minimum atomic E-state index is -0.696.